The third-order valence-corrected chi connectivity index (χ3v) is 6.01. The van der Waals surface area contributed by atoms with E-state index < -0.39 is 5.97 Å². The standard InChI is InChI=1S/C21H26N2O3S.ClH/c1-15-6-3-4-8-18(15)19(20-16(2)9-13-27-20)22-26-12-11-23-10-5-7-17(14-23)21(24)25;/h3-4,6,8-9,13,17H,5,7,10-12,14H2,1-2H3,(H,24,25);1H/t17-;/m1./s1. The van der Waals surface area contributed by atoms with E-state index in [1.165, 1.54) is 5.56 Å². The van der Waals surface area contributed by atoms with Crippen molar-refractivity contribution >= 4 is 35.4 Å². The van der Waals surface area contributed by atoms with Crippen molar-refractivity contribution in [2.45, 2.75) is 26.7 Å². The molecule has 5 nitrogen and oxygen atoms in total. The molecule has 1 aliphatic heterocycles. The number of thiophene rings is 1. The average molecular weight is 423 g/mol. The topological polar surface area (TPSA) is 62.1 Å². The summed E-state index contributed by atoms with van der Waals surface area (Å²) < 4.78 is 0. The highest BCUT2D eigenvalue weighted by Crippen LogP contribution is 2.23. The number of hydrogen-bond donors (Lipinski definition) is 1. The molecule has 0 amide bonds. The lowest BCUT2D eigenvalue weighted by Crippen LogP contribution is -2.40. The van der Waals surface area contributed by atoms with Crippen molar-refractivity contribution in [3.05, 3.63) is 57.3 Å². The lowest BCUT2D eigenvalue weighted by molar-refractivity contribution is -0.143. The van der Waals surface area contributed by atoms with Crippen molar-refractivity contribution in [3.8, 4) is 0 Å². The molecule has 0 radical (unpaired) electrons. The maximum atomic E-state index is 11.2. The van der Waals surface area contributed by atoms with E-state index in [-0.39, 0.29) is 18.3 Å². The lowest BCUT2D eigenvalue weighted by Gasteiger charge is -2.29. The number of piperidine rings is 1. The van der Waals surface area contributed by atoms with Crippen molar-refractivity contribution in [2.24, 2.45) is 11.1 Å². The zero-order valence-electron chi connectivity index (χ0n) is 16.3. The van der Waals surface area contributed by atoms with Crippen molar-refractivity contribution < 1.29 is 14.7 Å². The van der Waals surface area contributed by atoms with Gasteiger partial charge in [0, 0.05) is 18.7 Å². The number of likely N-dealkylation sites (tertiary alicyclic amines) is 1. The predicted molar refractivity (Wildman–Crippen MR) is 116 cm³/mol. The molecule has 28 heavy (non-hydrogen) atoms. The van der Waals surface area contributed by atoms with Crippen molar-refractivity contribution in [3.63, 3.8) is 0 Å². The summed E-state index contributed by atoms with van der Waals surface area (Å²) in [6.45, 7) is 6.82. The highest BCUT2D eigenvalue weighted by molar-refractivity contribution is 7.12. The second-order valence-corrected chi connectivity index (χ2v) is 7.91. The highest BCUT2D eigenvalue weighted by atomic mass is 35.5. The number of halogens is 1. The Morgan fingerprint density at radius 1 is 1.29 bits per heavy atom. The Balaban J connectivity index is 0.00000280. The molecule has 7 heteroatoms. The summed E-state index contributed by atoms with van der Waals surface area (Å²) in [4.78, 5) is 20.2. The SMILES string of the molecule is Cc1ccccc1C(=NOCCN1CCC[C@@H](C(=O)O)C1)c1sccc1C.Cl. The quantitative estimate of drug-likeness (QED) is 0.409. The molecule has 0 spiro atoms. The number of nitrogens with zero attached hydrogens (tertiary/aromatic N) is 2. The van der Waals surface area contributed by atoms with Gasteiger partial charge in [0.25, 0.3) is 0 Å². The third kappa shape index (κ3) is 5.56. The predicted octanol–water partition coefficient (Wildman–Crippen LogP) is 4.35. The Labute approximate surface area is 176 Å². The third-order valence-electron chi connectivity index (χ3n) is 4.99. The van der Waals surface area contributed by atoms with Gasteiger partial charge in [-0.2, -0.15) is 0 Å². The zero-order chi connectivity index (χ0) is 19.2. The molecule has 0 unspecified atom stereocenters. The van der Waals surface area contributed by atoms with Crippen molar-refractivity contribution in [2.75, 3.05) is 26.2 Å². The summed E-state index contributed by atoms with van der Waals surface area (Å²) in [6.07, 6.45) is 1.68. The van der Waals surface area contributed by atoms with Gasteiger partial charge in [0.05, 0.1) is 10.8 Å². The minimum atomic E-state index is -0.700. The molecule has 1 N–H and O–H groups in total. The largest absolute Gasteiger partial charge is 0.481 e. The van der Waals surface area contributed by atoms with Crippen LogP contribution in [-0.4, -0.2) is 47.9 Å². The van der Waals surface area contributed by atoms with Gasteiger partial charge in [0.2, 0.25) is 0 Å². The van der Waals surface area contributed by atoms with E-state index in [1.807, 2.05) is 12.1 Å². The van der Waals surface area contributed by atoms with E-state index in [4.69, 9.17) is 4.84 Å². The summed E-state index contributed by atoms with van der Waals surface area (Å²) in [5.74, 6) is -0.966. The molecular weight excluding hydrogens is 396 g/mol. The minimum absolute atomic E-state index is 0. The molecule has 1 saturated heterocycles. The molecule has 152 valence electrons. The highest BCUT2D eigenvalue weighted by Gasteiger charge is 2.25. The van der Waals surface area contributed by atoms with Gasteiger partial charge in [-0.3, -0.25) is 9.69 Å². The normalized spacial score (nSPS) is 17.8. The monoisotopic (exact) mass is 422 g/mol. The second-order valence-electron chi connectivity index (χ2n) is 7.00. The summed E-state index contributed by atoms with van der Waals surface area (Å²) in [6, 6.07) is 10.3. The first kappa shape index (κ1) is 22.4. The van der Waals surface area contributed by atoms with Gasteiger partial charge in [0.1, 0.15) is 12.3 Å². The van der Waals surface area contributed by atoms with E-state index in [0.29, 0.717) is 19.7 Å². The van der Waals surface area contributed by atoms with E-state index in [1.54, 1.807) is 11.3 Å². The number of carbonyl (C=O) groups is 1. The molecule has 0 aliphatic carbocycles. The van der Waals surface area contributed by atoms with Crippen LogP contribution in [0.4, 0.5) is 0 Å². The maximum Gasteiger partial charge on any atom is 0.307 e. The average Bonchev–Trinajstić information content (AvgIpc) is 3.09. The summed E-state index contributed by atoms with van der Waals surface area (Å²) in [5, 5.41) is 15.8. The van der Waals surface area contributed by atoms with Crippen LogP contribution in [0, 0.1) is 19.8 Å². The lowest BCUT2D eigenvalue weighted by atomic mass is 9.98. The molecule has 0 bridgehead atoms. The van der Waals surface area contributed by atoms with Crippen LogP contribution < -0.4 is 0 Å². The number of hydrogen-bond acceptors (Lipinski definition) is 5. The second kappa shape index (κ2) is 10.6. The van der Waals surface area contributed by atoms with Gasteiger partial charge >= 0.3 is 5.97 Å². The van der Waals surface area contributed by atoms with Crippen LogP contribution >= 0.6 is 23.7 Å². The summed E-state index contributed by atoms with van der Waals surface area (Å²) >= 11 is 1.66. The van der Waals surface area contributed by atoms with Gasteiger partial charge < -0.3 is 9.94 Å². The molecule has 1 aromatic heterocycles. The van der Waals surface area contributed by atoms with Crippen LogP contribution in [0.2, 0.25) is 0 Å². The van der Waals surface area contributed by atoms with Crippen LogP contribution in [0.3, 0.4) is 0 Å². The summed E-state index contributed by atoms with van der Waals surface area (Å²) in [5.41, 5.74) is 4.29. The van der Waals surface area contributed by atoms with E-state index in [0.717, 1.165) is 41.1 Å². The molecule has 1 aliphatic rings. The molecule has 1 atom stereocenters. The number of aliphatic carboxylic acids is 1. The van der Waals surface area contributed by atoms with Crippen molar-refractivity contribution in [1.29, 1.82) is 0 Å². The van der Waals surface area contributed by atoms with Gasteiger partial charge in [-0.15, -0.1) is 23.7 Å². The first-order valence-corrected chi connectivity index (χ1v) is 10.2. The molecule has 3 rings (SSSR count). The molecule has 1 aromatic carbocycles. The summed E-state index contributed by atoms with van der Waals surface area (Å²) in [7, 11) is 0. The van der Waals surface area contributed by atoms with Crippen LogP contribution in [0.15, 0.2) is 40.9 Å². The number of oxime groups is 1. The number of aryl methyl sites for hydroxylation is 2. The number of carboxylic acid groups (broad SMARTS) is 1. The van der Waals surface area contributed by atoms with Crippen molar-refractivity contribution in [1.82, 2.24) is 4.90 Å². The Kier molecular flexibility index (Phi) is 8.48. The Bertz CT molecular complexity index is 821. The van der Waals surface area contributed by atoms with Gasteiger partial charge in [-0.05, 0) is 55.8 Å². The van der Waals surface area contributed by atoms with Gasteiger partial charge in [-0.1, -0.05) is 29.4 Å². The Morgan fingerprint density at radius 2 is 2.07 bits per heavy atom. The molecular formula is C21H27ClN2O3S. The van der Waals surface area contributed by atoms with Crippen LogP contribution in [0.25, 0.3) is 0 Å². The Hall–Kier alpha value is -1.89. The fourth-order valence-corrected chi connectivity index (χ4v) is 4.33. The van der Waals surface area contributed by atoms with Crippen LogP contribution in [0.5, 0.6) is 0 Å². The van der Waals surface area contributed by atoms with E-state index >= 15 is 0 Å². The number of carboxylic acids is 1. The number of benzene rings is 1. The van der Waals surface area contributed by atoms with E-state index in [9.17, 15) is 9.90 Å². The van der Waals surface area contributed by atoms with Gasteiger partial charge in [0.15, 0.2) is 0 Å². The zero-order valence-corrected chi connectivity index (χ0v) is 17.9. The molecule has 0 saturated carbocycles. The molecule has 1 fully saturated rings. The van der Waals surface area contributed by atoms with Crippen LogP contribution in [-0.2, 0) is 9.63 Å². The Morgan fingerprint density at radius 3 is 2.75 bits per heavy atom. The molecule has 2 heterocycles. The minimum Gasteiger partial charge on any atom is -0.481 e. The maximum absolute atomic E-state index is 11.2. The fourth-order valence-electron chi connectivity index (χ4n) is 3.41. The fraction of sp³-hybridized carbons (Fsp3) is 0.429. The molecule has 2 aromatic rings. The first-order valence-electron chi connectivity index (χ1n) is 9.32. The smallest absolute Gasteiger partial charge is 0.307 e. The van der Waals surface area contributed by atoms with Gasteiger partial charge in [-0.25, -0.2) is 0 Å². The van der Waals surface area contributed by atoms with E-state index in [2.05, 4.69) is 47.5 Å². The number of rotatable bonds is 7. The first-order chi connectivity index (χ1) is 13.1. The van der Waals surface area contributed by atoms with Crippen LogP contribution in [0.1, 0.15) is 34.4 Å².